The average molecular weight is 715 g/mol. The Morgan fingerprint density at radius 3 is 1.39 bits per heavy atom. The molecule has 0 rings (SSSR count). The Kier molecular flexibility index (Phi) is 35.2. The number of unbranched alkanes of at least 4 members (excludes halogenated alkanes) is 23. The third-order valence-corrected chi connectivity index (χ3v) is 9.21. The van der Waals surface area contributed by atoms with Crippen LogP contribution in [0, 0.1) is 0 Å². The number of carbonyl (C=O) groups is 2. The van der Waals surface area contributed by atoms with E-state index in [0.717, 1.165) is 44.9 Å². The van der Waals surface area contributed by atoms with E-state index in [0.29, 0.717) is 6.42 Å². The summed E-state index contributed by atoms with van der Waals surface area (Å²) in [5, 5.41) is 0. The fourth-order valence-electron chi connectivity index (χ4n) is 5.70. The number of esters is 2. The number of carbonyl (C=O) groups excluding carboxylic acids is 2. The maximum Gasteiger partial charge on any atom is 0.469 e. The first-order valence-electron chi connectivity index (χ1n) is 20.1. The molecule has 8 nitrogen and oxygen atoms in total. The summed E-state index contributed by atoms with van der Waals surface area (Å²) in [5.41, 5.74) is 0. The largest absolute Gasteiger partial charge is 0.469 e. The minimum atomic E-state index is -4.76. The van der Waals surface area contributed by atoms with Gasteiger partial charge in [0.05, 0.1) is 6.61 Å². The van der Waals surface area contributed by atoms with Gasteiger partial charge in [0.15, 0.2) is 6.10 Å². The maximum atomic E-state index is 12.4. The minimum Gasteiger partial charge on any atom is -0.462 e. The van der Waals surface area contributed by atoms with Crippen LogP contribution in [0.5, 0.6) is 0 Å². The van der Waals surface area contributed by atoms with Gasteiger partial charge in [-0.2, -0.15) is 0 Å². The SMILES string of the molecule is CCCCCCCC/C=C/C/C=C/CCCCC(=O)O[C@H](COC(=O)CCCCCCCCCCCCCCCCCC)COP(=O)(O)O. The number of rotatable bonds is 37. The number of ether oxygens (including phenoxy) is 2. The van der Waals surface area contributed by atoms with Crippen molar-refractivity contribution in [2.45, 2.75) is 206 Å². The van der Waals surface area contributed by atoms with Crippen LogP contribution in [0.25, 0.3) is 0 Å². The van der Waals surface area contributed by atoms with E-state index in [4.69, 9.17) is 19.3 Å². The molecule has 0 fully saturated rings. The van der Waals surface area contributed by atoms with Gasteiger partial charge in [-0.05, 0) is 44.9 Å². The van der Waals surface area contributed by atoms with E-state index in [-0.39, 0.29) is 19.4 Å². The fourth-order valence-corrected chi connectivity index (χ4v) is 6.06. The van der Waals surface area contributed by atoms with Crippen LogP contribution in [0.1, 0.15) is 200 Å². The second-order valence-corrected chi connectivity index (χ2v) is 14.9. The molecule has 1 atom stereocenters. The molecule has 0 aromatic heterocycles. The Morgan fingerprint density at radius 1 is 0.531 bits per heavy atom. The lowest BCUT2D eigenvalue weighted by Crippen LogP contribution is -2.29. The Bertz CT molecular complexity index is 853. The molecular weight excluding hydrogens is 639 g/mol. The van der Waals surface area contributed by atoms with Crippen molar-refractivity contribution < 1.29 is 37.9 Å². The molecule has 0 spiro atoms. The van der Waals surface area contributed by atoms with Gasteiger partial charge in [-0.15, -0.1) is 0 Å². The molecule has 0 aromatic carbocycles. The van der Waals surface area contributed by atoms with Gasteiger partial charge in [0.25, 0.3) is 0 Å². The smallest absolute Gasteiger partial charge is 0.462 e. The van der Waals surface area contributed by atoms with Crippen LogP contribution in [0.3, 0.4) is 0 Å². The number of phosphoric ester groups is 1. The van der Waals surface area contributed by atoms with E-state index in [1.807, 2.05) is 0 Å². The van der Waals surface area contributed by atoms with Crippen molar-refractivity contribution >= 4 is 19.8 Å². The molecule has 0 aliphatic heterocycles. The highest BCUT2D eigenvalue weighted by Gasteiger charge is 2.22. The predicted molar refractivity (Wildman–Crippen MR) is 202 cm³/mol. The van der Waals surface area contributed by atoms with Crippen molar-refractivity contribution in [2.24, 2.45) is 0 Å². The van der Waals surface area contributed by atoms with Crippen molar-refractivity contribution in [1.29, 1.82) is 0 Å². The molecule has 0 bridgehead atoms. The fraction of sp³-hybridized carbons (Fsp3) is 0.850. The van der Waals surface area contributed by atoms with E-state index in [2.05, 4.69) is 42.7 Å². The van der Waals surface area contributed by atoms with Crippen LogP contribution in [-0.4, -0.2) is 41.0 Å². The lowest BCUT2D eigenvalue weighted by Gasteiger charge is -2.18. The predicted octanol–water partition coefficient (Wildman–Crippen LogP) is 12.0. The molecule has 0 amide bonds. The molecule has 0 aliphatic rings. The summed E-state index contributed by atoms with van der Waals surface area (Å²) in [4.78, 5) is 42.7. The second kappa shape index (κ2) is 36.3. The van der Waals surface area contributed by atoms with Crippen molar-refractivity contribution in [1.82, 2.24) is 0 Å². The molecule has 288 valence electrons. The van der Waals surface area contributed by atoms with Gasteiger partial charge in [0.1, 0.15) is 6.61 Å². The van der Waals surface area contributed by atoms with Crippen molar-refractivity contribution in [3.8, 4) is 0 Å². The highest BCUT2D eigenvalue weighted by atomic mass is 31.2. The molecule has 2 N–H and O–H groups in total. The standard InChI is InChI=1S/C40H75O8P/c1-3-5-7-9-11-13-15-17-19-21-22-24-26-28-30-32-34-39(41)46-36-38(37-47-49(43,44)45)48-40(42)35-33-31-29-27-25-23-20-18-16-14-12-10-8-6-4-2/h18,20,25,27,38H,3-17,19,21-24,26,28-37H2,1-2H3,(H2,43,44,45)/b20-18+,27-25+/t38-/m1/s1. The van der Waals surface area contributed by atoms with E-state index in [1.165, 1.54) is 122 Å². The second-order valence-electron chi connectivity index (χ2n) is 13.6. The zero-order valence-corrected chi connectivity index (χ0v) is 32.5. The van der Waals surface area contributed by atoms with Crippen LogP contribution in [0.15, 0.2) is 24.3 Å². The van der Waals surface area contributed by atoms with Gasteiger partial charge in [-0.1, -0.05) is 167 Å². The van der Waals surface area contributed by atoms with E-state index < -0.39 is 32.5 Å². The number of allylic oxidation sites excluding steroid dienone is 4. The Balaban J connectivity index is 3.96. The first-order valence-corrected chi connectivity index (χ1v) is 21.7. The first kappa shape index (κ1) is 47.5. The molecule has 0 radical (unpaired) electrons. The number of hydrogen-bond donors (Lipinski definition) is 2. The first-order chi connectivity index (χ1) is 23.8. The lowest BCUT2D eigenvalue weighted by molar-refractivity contribution is -0.161. The van der Waals surface area contributed by atoms with Crippen LogP contribution in [0.4, 0.5) is 0 Å². The average Bonchev–Trinajstić information content (AvgIpc) is 3.07. The topological polar surface area (TPSA) is 119 Å². The Morgan fingerprint density at radius 2 is 0.918 bits per heavy atom. The van der Waals surface area contributed by atoms with Crippen molar-refractivity contribution in [3.05, 3.63) is 24.3 Å². The van der Waals surface area contributed by atoms with Crippen molar-refractivity contribution in [2.75, 3.05) is 13.2 Å². The summed E-state index contributed by atoms with van der Waals surface area (Å²) in [6.07, 6.45) is 40.4. The highest BCUT2D eigenvalue weighted by Crippen LogP contribution is 2.36. The van der Waals surface area contributed by atoms with Gasteiger partial charge in [-0.25, -0.2) is 4.57 Å². The zero-order chi connectivity index (χ0) is 36.1. The van der Waals surface area contributed by atoms with Crippen LogP contribution < -0.4 is 0 Å². The molecule has 0 aliphatic carbocycles. The van der Waals surface area contributed by atoms with Crippen molar-refractivity contribution in [3.63, 3.8) is 0 Å². The van der Waals surface area contributed by atoms with Crippen LogP contribution in [-0.2, 0) is 28.2 Å². The van der Waals surface area contributed by atoms with Gasteiger partial charge in [0.2, 0.25) is 0 Å². The highest BCUT2D eigenvalue weighted by molar-refractivity contribution is 7.46. The summed E-state index contributed by atoms with van der Waals surface area (Å²) in [7, 11) is -4.76. The van der Waals surface area contributed by atoms with E-state index >= 15 is 0 Å². The quantitative estimate of drug-likeness (QED) is 0.0282. The number of hydrogen-bond acceptors (Lipinski definition) is 6. The van der Waals surface area contributed by atoms with E-state index in [9.17, 15) is 14.2 Å². The molecule has 0 saturated carbocycles. The zero-order valence-electron chi connectivity index (χ0n) is 31.6. The van der Waals surface area contributed by atoms with Gasteiger partial charge in [0, 0.05) is 12.8 Å². The molecule has 0 unspecified atom stereocenters. The van der Waals surface area contributed by atoms with Gasteiger partial charge in [-0.3, -0.25) is 14.1 Å². The summed E-state index contributed by atoms with van der Waals surface area (Å²) >= 11 is 0. The van der Waals surface area contributed by atoms with Crippen LogP contribution >= 0.6 is 7.82 Å². The summed E-state index contributed by atoms with van der Waals surface area (Å²) < 4.78 is 26.3. The maximum absolute atomic E-state index is 12.4. The van der Waals surface area contributed by atoms with E-state index in [1.54, 1.807) is 0 Å². The third-order valence-electron chi connectivity index (χ3n) is 8.72. The van der Waals surface area contributed by atoms with Gasteiger partial charge >= 0.3 is 19.8 Å². The lowest BCUT2D eigenvalue weighted by atomic mass is 10.0. The Hall–Kier alpha value is -1.47. The summed E-state index contributed by atoms with van der Waals surface area (Å²) in [6.45, 7) is 3.66. The normalized spacial score (nSPS) is 12.7. The van der Waals surface area contributed by atoms with Gasteiger partial charge < -0.3 is 19.3 Å². The Labute approximate surface area is 300 Å². The molecular formula is C40H75O8P. The molecule has 0 heterocycles. The molecule has 0 saturated heterocycles. The number of phosphoric acid groups is 1. The molecule has 0 aromatic rings. The monoisotopic (exact) mass is 715 g/mol. The summed E-state index contributed by atoms with van der Waals surface area (Å²) in [5.74, 6) is -0.915. The third kappa shape index (κ3) is 39.2. The molecule has 9 heteroatoms. The molecule has 49 heavy (non-hydrogen) atoms. The minimum absolute atomic E-state index is 0.172. The van der Waals surface area contributed by atoms with Crippen LogP contribution in [0.2, 0.25) is 0 Å². The summed E-state index contributed by atoms with van der Waals surface area (Å²) in [6, 6.07) is 0.